The number of allylic oxidation sites excluding steroid dienone is 2. The molecular weight excluding hydrogens is 1530 g/mol. The second-order valence-electron chi connectivity index (χ2n) is 35.2. The van der Waals surface area contributed by atoms with E-state index in [4.69, 9.17) is 4.74 Å². The van der Waals surface area contributed by atoms with E-state index in [1.54, 1.807) is 102 Å². The predicted octanol–water partition coefficient (Wildman–Crippen LogP) is 8.35. The van der Waals surface area contributed by atoms with E-state index in [0.29, 0.717) is 89.4 Å². The number of rotatable bonds is 33. The van der Waals surface area contributed by atoms with Gasteiger partial charge >= 0.3 is 5.79 Å². The summed E-state index contributed by atoms with van der Waals surface area (Å²) >= 11 is 0. The third-order valence-electron chi connectivity index (χ3n) is 23.0. The maximum absolute atomic E-state index is 14.2. The number of nitrogens with one attached hydrogen (secondary N) is 5. The molecule has 676 valence electrons. The number of benzene rings is 1. The number of phenolic OH excluding ortho intramolecular Hbond substituents is 1. The molecule has 0 saturated carbocycles. The van der Waals surface area contributed by atoms with Crippen LogP contribution in [0.15, 0.2) is 48.8 Å². The number of phenols is 1. The van der Waals surface area contributed by atoms with E-state index in [1.165, 1.54) is 69.6 Å². The third-order valence-corrected chi connectivity index (χ3v) is 23.0. The molecule has 0 radical (unpaired) electrons. The SMILES string of the molecule is C.C/C=C/C[C@@H](C)[C@@H](O)[C@@H](C(=O)NC(CC)C(=O)NC)N(C)C(=O)[C@H](C(C)C)N(C)C(=O)[C@H](CC(C)C)N(C)C(=O)C(C)C.C=C(O)C1CCCN(C(=O)[C@H](Cc2cccc(O)c2)NC(=O)[C@@H](NC(=O)C(C)C)C(C)C)N1.CC(=O)[C@@H]1CCCCN1C(=O)C(=O)C(C)(C)C(C)C.CC(=O)[C@@H]1CCCN1C(=O)C1(O)OC(C(C)C)CC[C@@H](C)C1=O. The maximum atomic E-state index is 14.2. The molecule has 0 aromatic heterocycles. The molecule has 9 N–H and O–H groups in total. The second-order valence-corrected chi connectivity index (χ2v) is 35.2. The zero-order chi connectivity index (χ0) is 90.6. The number of ketones is 4. The predicted molar refractivity (Wildman–Crippen MR) is 459 cm³/mol. The molecule has 0 spiro atoms. The fraction of sp³-hybridized carbons (Fsp3) is 0.730. The van der Waals surface area contributed by atoms with Gasteiger partial charge in [-0.3, -0.25) is 72.1 Å². The molecule has 4 heterocycles. The number of hydrogen-bond donors (Lipinski definition) is 9. The van der Waals surface area contributed by atoms with Gasteiger partial charge in [-0.2, -0.15) is 0 Å². The number of hydrazine groups is 1. The minimum atomic E-state index is -2.47. The molecule has 4 aliphatic rings. The fourth-order valence-corrected chi connectivity index (χ4v) is 14.5. The minimum Gasteiger partial charge on any atom is -0.511 e. The lowest BCUT2D eigenvalue weighted by Crippen LogP contribution is -2.63. The van der Waals surface area contributed by atoms with Crippen LogP contribution in [0.4, 0.5) is 0 Å². The summed E-state index contributed by atoms with van der Waals surface area (Å²) in [6.07, 6.45) is 9.66. The Morgan fingerprint density at radius 2 is 1.24 bits per heavy atom. The van der Waals surface area contributed by atoms with E-state index < -0.39 is 119 Å². The average molecular weight is 1680 g/mol. The number of carbonyl (C=O) groups excluding carboxylic acids is 14. The van der Waals surface area contributed by atoms with Crippen LogP contribution in [0.2, 0.25) is 0 Å². The molecule has 1 aromatic rings. The van der Waals surface area contributed by atoms with E-state index in [0.717, 1.165) is 12.8 Å². The number of aromatic hydroxyl groups is 1. The number of amides is 10. The molecule has 4 aliphatic heterocycles. The summed E-state index contributed by atoms with van der Waals surface area (Å²) < 4.78 is 5.65. The van der Waals surface area contributed by atoms with Crippen LogP contribution in [0.3, 0.4) is 0 Å². The molecule has 119 heavy (non-hydrogen) atoms. The van der Waals surface area contributed by atoms with Gasteiger partial charge < -0.3 is 70.9 Å². The summed E-state index contributed by atoms with van der Waals surface area (Å²) in [5, 5.41) is 54.0. The molecular formula is C89H151N11O19. The summed E-state index contributed by atoms with van der Waals surface area (Å²) in [6, 6.07) is -0.632. The zero-order valence-corrected chi connectivity index (χ0v) is 75.6. The van der Waals surface area contributed by atoms with Crippen LogP contribution in [-0.2, 0) is 78.3 Å². The quantitative estimate of drug-likeness (QED) is 0.0138. The molecule has 5 rings (SSSR count). The molecule has 0 bridgehead atoms. The number of hydrogen-bond acceptors (Lipinski definition) is 20. The van der Waals surface area contributed by atoms with Crippen molar-refractivity contribution in [2.75, 3.05) is 47.8 Å². The number of likely N-dealkylation sites (tertiary alicyclic amines) is 2. The Hall–Kier alpha value is -8.48. The van der Waals surface area contributed by atoms with Crippen molar-refractivity contribution >= 4 is 82.2 Å². The number of carbonyl (C=O) groups is 14. The van der Waals surface area contributed by atoms with Gasteiger partial charge in [0.15, 0.2) is 11.6 Å². The van der Waals surface area contributed by atoms with Crippen LogP contribution < -0.4 is 26.7 Å². The number of Topliss-reactive ketones (excluding diaryl/α,β-unsaturated/α-hetero) is 4. The number of aliphatic hydroxyl groups excluding tert-OH is 2. The Morgan fingerprint density at radius 1 is 0.689 bits per heavy atom. The van der Waals surface area contributed by atoms with Crippen LogP contribution in [-0.4, -0.2) is 252 Å². The number of aliphatic hydroxyl groups is 3. The number of piperidine rings is 1. The largest absolute Gasteiger partial charge is 0.511 e. The van der Waals surface area contributed by atoms with Gasteiger partial charge in [0.2, 0.25) is 52.9 Å². The van der Waals surface area contributed by atoms with E-state index in [-0.39, 0.29) is 120 Å². The second kappa shape index (κ2) is 50.1. The topological polar surface area (TPSA) is 409 Å². The normalized spacial score (nSPS) is 20.9. The zero-order valence-electron chi connectivity index (χ0n) is 75.6. The highest BCUT2D eigenvalue weighted by Crippen LogP contribution is 2.35. The lowest BCUT2D eigenvalue weighted by atomic mass is 9.76. The van der Waals surface area contributed by atoms with Crippen LogP contribution in [0.1, 0.15) is 242 Å². The van der Waals surface area contributed by atoms with Gasteiger partial charge in [0.05, 0.1) is 30.3 Å². The van der Waals surface area contributed by atoms with Crippen LogP contribution in [0.5, 0.6) is 5.75 Å². The van der Waals surface area contributed by atoms with Gasteiger partial charge in [0.1, 0.15) is 47.8 Å². The molecule has 1 aromatic carbocycles. The molecule has 10 amide bonds. The van der Waals surface area contributed by atoms with Crippen molar-refractivity contribution in [2.45, 2.75) is 316 Å². The molecule has 4 unspecified atom stereocenters. The maximum Gasteiger partial charge on any atom is 0.309 e. The van der Waals surface area contributed by atoms with Crippen molar-refractivity contribution in [1.29, 1.82) is 0 Å². The van der Waals surface area contributed by atoms with E-state index >= 15 is 0 Å². The van der Waals surface area contributed by atoms with Crippen molar-refractivity contribution in [3.8, 4) is 5.75 Å². The van der Waals surface area contributed by atoms with Crippen molar-refractivity contribution in [3.05, 3.63) is 54.3 Å². The summed E-state index contributed by atoms with van der Waals surface area (Å²) in [5.41, 5.74) is 2.95. The average Bonchev–Trinajstić information content (AvgIpc) is 1.72. The number of nitrogens with zero attached hydrogens (tertiary/aromatic N) is 6. The van der Waals surface area contributed by atoms with Gasteiger partial charge in [-0.05, 0) is 151 Å². The van der Waals surface area contributed by atoms with Crippen molar-refractivity contribution < 1.29 is 92.3 Å². The van der Waals surface area contributed by atoms with Gasteiger partial charge in [-0.25, -0.2) is 5.43 Å². The molecule has 30 heteroatoms. The first-order valence-electron chi connectivity index (χ1n) is 42.3. The van der Waals surface area contributed by atoms with Gasteiger partial charge in [0, 0.05) is 77.4 Å². The summed E-state index contributed by atoms with van der Waals surface area (Å²) in [4.78, 5) is 186. The van der Waals surface area contributed by atoms with Crippen molar-refractivity contribution in [2.24, 2.45) is 58.7 Å². The lowest BCUT2D eigenvalue weighted by Gasteiger charge is -2.41. The molecule has 0 aliphatic carbocycles. The van der Waals surface area contributed by atoms with Gasteiger partial charge in [-0.1, -0.05) is 170 Å². The van der Waals surface area contributed by atoms with Gasteiger partial charge in [0.25, 0.3) is 17.7 Å². The number of ether oxygens (including phenoxy) is 1. The Morgan fingerprint density at radius 3 is 1.74 bits per heavy atom. The molecule has 14 atom stereocenters. The lowest BCUT2D eigenvalue weighted by molar-refractivity contribution is -0.231. The molecule has 4 saturated heterocycles. The van der Waals surface area contributed by atoms with Crippen LogP contribution >= 0.6 is 0 Å². The minimum absolute atomic E-state index is 0. The highest BCUT2D eigenvalue weighted by atomic mass is 16.6. The summed E-state index contributed by atoms with van der Waals surface area (Å²) in [6.45, 7) is 44.4. The summed E-state index contributed by atoms with van der Waals surface area (Å²) in [7, 11) is 6.06. The molecule has 4 fully saturated rings. The smallest absolute Gasteiger partial charge is 0.309 e. The first-order chi connectivity index (χ1) is 54.7. The standard InChI is InChI=1S/C32H59N5O6.C24H36N4O5.C17H27NO5.C15H25NO3.CH4/c1-14-16-17-22(9)27(38)26(29(40)34-23(15-2)28(39)33-10)37(13)32(43)25(20(5)6)36(12)31(42)24(18-19(3)4)35(11)30(41)21(7)8;1-14(2)21(26-22(31)15(3)4)23(32)25-20(13-17-8-6-9-18(30)12-17)24(33)28-11-7-10-19(27-28)16(5)29;1-10(2)14-8-7-11(3)15(20)17(22,23-14)16(21)18-9-5-6-13(18)12(4)19;1-10(2)15(4,5)13(18)14(19)16-9-7-6-8-12(16)11(3)17;/h14,16,19-27,38H,15,17-18H2,1-13H3,(H,33,39)(H,34,40);6,8-9,12,14-15,19-21,27,29-30H,5,7,10-11,13H2,1-4H3,(H,25,32)(H,26,31);10-11,13-14,22H,5-9H2,1-4H3;10,12H,6-9H2,1-5H3;1H4/b16-14+;;;;/t22-,23?,24+,25+,26+,27-;19?,20-,21-;11-,13+,14?,17?;12-;/m1010./s1. The first-order valence-corrected chi connectivity index (χ1v) is 42.3. The Balaban J connectivity index is 0.000000826. The van der Waals surface area contributed by atoms with Crippen LogP contribution in [0.25, 0.3) is 0 Å². The third kappa shape index (κ3) is 30.9. The van der Waals surface area contributed by atoms with E-state index in [9.17, 15) is 87.5 Å². The highest BCUT2D eigenvalue weighted by molar-refractivity contribution is 6.38. The monoisotopic (exact) mass is 1680 g/mol. The van der Waals surface area contributed by atoms with E-state index in [2.05, 4.69) is 33.3 Å². The van der Waals surface area contributed by atoms with Crippen molar-refractivity contribution in [3.63, 3.8) is 0 Å². The van der Waals surface area contributed by atoms with Crippen molar-refractivity contribution in [1.82, 2.24) is 56.2 Å². The summed E-state index contributed by atoms with van der Waals surface area (Å²) in [5.74, 6) is -9.81. The number of likely N-dealkylation sites (N-methyl/N-ethyl adjacent to an activating group) is 4. The highest BCUT2D eigenvalue weighted by Gasteiger charge is 2.55. The van der Waals surface area contributed by atoms with Crippen LogP contribution in [0, 0.1) is 58.7 Å². The fourth-order valence-electron chi connectivity index (χ4n) is 14.5. The first kappa shape index (κ1) is 109. The van der Waals surface area contributed by atoms with E-state index in [1.807, 2.05) is 74.5 Å². The Bertz CT molecular complexity index is 3610. The molecule has 30 nitrogen and oxygen atoms in total. The van der Waals surface area contributed by atoms with Gasteiger partial charge in [-0.15, -0.1) is 0 Å². The Labute approximate surface area is 709 Å². The Kier molecular flexibility index (Phi) is 45.7.